The van der Waals surface area contributed by atoms with E-state index in [1.165, 1.54) is 0 Å². The van der Waals surface area contributed by atoms with Crippen LogP contribution in [0.2, 0.25) is 0 Å². The zero-order chi connectivity index (χ0) is 9.46. The van der Waals surface area contributed by atoms with E-state index in [4.69, 9.17) is 0 Å². The van der Waals surface area contributed by atoms with Gasteiger partial charge >= 0.3 is 0 Å². The Morgan fingerprint density at radius 3 is 1.33 bits per heavy atom. The van der Waals surface area contributed by atoms with E-state index in [9.17, 15) is 0 Å². The Morgan fingerprint density at radius 1 is 0.667 bits per heavy atom. The molecule has 0 heteroatoms. The molecule has 0 aliphatic heterocycles. The molecule has 0 spiro atoms. The zero-order valence-corrected chi connectivity index (χ0v) is 9.39. The summed E-state index contributed by atoms with van der Waals surface area (Å²) in [4.78, 5) is 0. The van der Waals surface area contributed by atoms with Crippen LogP contribution in [0.4, 0.5) is 0 Å². The van der Waals surface area contributed by atoms with Crippen molar-refractivity contribution in [3.63, 3.8) is 0 Å². The van der Waals surface area contributed by atoms with Crippen LogP contribution in [-0.2, 0) is 0 Å². The fourth-order valence-electron chi connectivity index (χ4n) is 2.63. The van der Waals surface area contributed by atoms with Gasteiger partial charge in [0.15, 0.2) is 0 Å². The largest absolute Gasteiger partial charge is 0.100 e. The van der Waals surface area contributed by atoms with E-state index in [0.29, 0.717) is 0 Å². The maximum absolute atomic E-state index is 2.41. The van der Waals surface area contributed by atoms with Crippen molar-refractivity contribution >= 4 is 0 Å². The summed E-state index contributed by atoms with van der Waals surface area (Å²) in [6, 6.07) is 0. The second kappa shape index (κ2) is 3.32. The van der Waals surface area contributed by atoms with Gasteiger partial charge in [0.2, 0.25) is 0 Å². The van der Waals surface area contributed by atoms with Crippen LogP contribution in [0.15, 0.2) is 0 Å². The average molecular weight is 167 g/mol. The molecule has 0 aromatic carbocycles. The van der Waals surface area contributed by atoms with E-state index >= 15 is 0 Å². The molecule has 0 amide bonds. The van der Waals surface area contributed by atoms with Gasteiger partial charge in [-0.2, -0.15) is 0 Å². The van der Waals surface area contributed by atoms with Crippen LogP contribution in [-0.4, -0.2) is 0 Å². The van der Waals surface area contributed by atoms with Gasteiger partial charge in [0, 0.05) is 11.8 Å². The summed E-state index contributed by atoms with van der Waals surface area (Å²) in [6.07, 6.45) is 0. The normalized spacial score (nSPS) is 49.5. The third-order valence-electron chi connectivity index (χ3n) is 4.67. The van der Waals surface area contributed by atoms with E-state index < -0.39 is 0 Å². The molecule has 0 aromatic heterocycles. The Bertz CT molecular complexity index is 91.6. The lowest BCUT2D eigenvalue weighted by Crippen LogP contribution is -2.38. The molecule has 1 aliphatic rings. The summed E-state index contributed by atoms with van der Waals surface area (Å²) in [6.45, 7) is 14.3. The third-order valence-corrected chi connectivity index (χ3v) is 4.67. The average Bonchev–Trinajstić information content (AvgIpc) is 2.08. The number of hydrogen-bond acceptors (Lipinski definition) is 0. The molecule has 0 nitrogen and oxygen atoms in total. The van der Waals surface area contributed by atoms with Crippen LogP contribution in [0.5, 0.6) is 0 Å². The van der Waals surface area contributed by atoms with Crippen molar-refractivity contribution in [1.82, 2.24) is 0 Å². The minimum absolute atomic E-state index is 0.825. The van der Waals surface area contributed by atoms with Crippen molar-refractivity contribution in [1.29, 1.82) is 0 Å². The monoisotopic (exact) mass is 167 g/mol. The summed E-state index contributed by atoms with van der Waals surface area (Å²) in [7, 11) is 0. The molecule has 4 unspecified atom stereocenters. The minimum Gasteiger partial charge on any atom is -0.0617 e. The van der Waals surface area contributed by atoms with Crippen LogP contribution in [0, 0.1) is 35.5 Å². The van der Waals surface area contributed by atoms with Crippen molar-refractivity contribution in [3.05, 3.63) is 5.92 Å². The number of rotatable bonds is 0. The van der Waals surface area contributed by atoms with Gasteiger partial charge in [0.25, 0.3) is 0 Å². The van der Waals surface area contributed by atoms with Crippen LogP contribution >= 0.6 is 0 Å². The molecule has 0 heterocycles. The third kappa shape index (κ3) is 1.36. The van der Waals surface area contributed by atoms with E-state index in [2.05, 4.69) is 41.5 Å². The predicted octanol–water partition coefficient (Wildman–Crippen LogP) is 3.77. The molecule has 0 aromatic rings. The second-order valence-electron chi connectivity index (χ2n) is 4.90. The quantitative estimate of drug-likeness (QED) is 0.482. The fourth-order valence-corrected chi connectivity index (χ4v) is 2.63. The van der Waals surface area contributed by atoms with Crippen molar-refractivity contribution < 1.29 is 0 Å². The predicted molar refractivity (Wildman–Crippen MR) is 54.7 cm³/mol. The highest BCUT2D eigenvalue weighted by Crippen LogP contribution is 2.46. The Morgan fingerprint density at radius 2 is 1.00 bits per heavy atom. The van der Waals surface area contributed by atoms with Crippen molar-refractivity contribution in [2.24, 2.45) is 29.6 Å². The molecule has 1 fully saturated rings. The summed E-state index contributed by atoms with van der Waals surface area (Å²) >= 11 is 0. The highest BCUT2D eigenvalue weighted by molar-refractivity contribution is 5.04. The lowest BCUT2D eigenvalue weighted by Gasteiger charge is -2.38. The molecular weight excluding hydrogens is 144 g/mol. The summed E-state index contributed by atoms with van der Waals surface area (Å²) in [5.74, 6) is 6.00. The smallest absolute Gasteiger partial charge is 0.0617 e. The molecule has 1 aliphatic carbocycles. The van der Waals surface area contributed by atoms with Gasteiger partial charge in [-0.05, 0) is 19.8 Å². The highest BCUT2D eigenvalue weighted by atomic mass is 14.4. The van der Waals surface area contributed by atoms with Crippen LogP contribution in [0.3, 0.4) is 0 Å². The standard InChI is InChI=1S/C12H23/c1-7-8(2)10(4)12(6)11(5)9(7)3/h7-11H,1-6H3/q+1. The maximum Gasteiger partial charge on any atom is 0.100 e. The highest BCUT2D eigenvalue weighted by Gasteiger charge is 2.46. The molecule has 12 heavy (non-hydrogen) atoms. The first-order valence-electron chi connectivity index (χ1n) is 5.30. The van der Waals surface area contributed by atoms with Gasteiger partial charge in [-0.1, -0.05) is 20.8 Å². The van der Waals surface area contributed by atoms with E-state index in [0.717, 1.165) is 29.6 Å². The second-order valence-corrected chi connectivity index (χ2v) is 4.90. The molecule has 1 saturated carbocycles. The summed E-state index contributed by atoms with van der Waals surface area (Å²) in [5, 5.41) is 0. The maximum atomic E-state index is 2.41. The molecule has 0 radical (unpaired) electrons. The van der Waals surface area contributed by atoms with Gasteiger partial charge in [-0.3, -0.25) is 0 Å². The fraction of sp³-hybridized carbons (Fsp3) is 0.917. The molecule has 1 rings (SSSR count). The molecule has 70 valence electrons. The van der Waals surface area contributed by atoms with Crippen LogP contribution < -0.4 is 0 Å². The van der Waals surface area contributed by atoms with Crippen molar-refractivity contribution in [2.75, 3.05) is 0 Å². The first-order chi connectivity index (χ1) is 5.46. The Labute approximate surface area is 77.7 Å². The van der Waals surface area contributed by atoms with Crippen LogP contribution in [0.25, 0.3) is 0 Å². The zero-order valence-electron chi connectivity index (χ0n) is 9.39. The van der Waals surface area contributed by atoms with Crippen molar-refractivity contribution in [3.8, 4) is 0 Å². The Hall–Kier alpha value is -0.130. The van der Waals surface area contributed by atoms with Gasteiger partial charge in [-0.15, -0.1) is 0 Å². The summed E-state index contributed by atoms with van der Waals surface area (Å²) < 4.78 is 0. The first kappa shape index (κ1) is 9.95. The lowest BCUT2D eigenvalue weighted by molar-refractivity contribution is 0.111. The molecular formula is C12H23+. The van der Waals surface area contributed by atoms with Gasteiger partial charge < -0.3 is 0 Å². The minimum atomic E-state index is 0.825. The molecule has 0 bridgehead atoms. The first-order valence-corrected chi connectivity index (χ1v) is 5.30. The summed E-state index contributed by atoms with van der Waals surface area (Å²) in [5.41, 5.74) is 0. The Balaban J connectivity index is 2.76. The van der Waals surface area contributed by atoms with E-state index in [1.807, 2.05) is 0 Å². The SMILES string of the molecule is C[C+]1C(C)C(C)C(C)C(C)C1C. The van der Waals surface area contributed by atoms with Crippen LogP contribution in [0.1, 0.15) is 41.5 Å². The van der Waals surface area contributed by atoms with Crippen molar-refractivity contribution in [2.45, 2.75) is 41.5 Å². The van der Waals surface area contributed by atoms with Gasteiger partial charge in [-0.25, -0.2) is 0 Å². The Kier molecular flexibility index (Phi) is 2.75. The topological polar surface area (TPSA) is 0 Å². The lowest BCUT2D eigenvalue weighted by atomic mass is 9.60. The molecule has 0 saturated heterocycles. The molecule has 0 N–H and O–H groups in total. The van der Waals surface area contributed by atoms with Gasteiger partial charge in [0.1, 0.15) is 11.8 Å². The molecule has 4 atom stereocenters. The van der Waals surface area contributed by atoms with Gasteiger partial charge in [0.05, 0.1) is 12.8 Å². The van der Waals surface area contributed by atoms with E-state index in [-0.39, 0.29) is 0 Å². The van der Waals surface area contributed by atoms with E-state index in [1.54, 1.807) is 5.92 Å². The number of hydrogen-bond donors (Lipinski definition) is 0.